The van der Waals surface area contributed by atoms with Crippen molar-refractivity contribution in [3.05, 3.63) is 66.4 Å². The number of anilines is 1. The van der Waals surface area contributed by atoms with Gasteiger partial charge in [0.1, 0.15) is 11.6 Å². The number of hydrogen-bond donors (Lipinski definition) is 1. The van der Waals surface area contributed by atoms with Crippen molar-refractivity contribution in [3.63, 3.8) is 0 Å². The van der Waals surface area contributed by atoms with E-state index >= 15 is 0 Å². The highest BCUT2D eigenvalue weighted by molar-refractivity contribution is 6.02. The van der Waals surface area contributed by atoms with Gasteiger partial charge in [0.15, 0.2) is 0 Å². The topological polar surface area (TPSA) is 48.7 Å². The number of fused-ring (bicyclic) bond motifs is 1. The molecule has 4 nitrogen and oxygen atoms in total. The highest BCUT2D eigenvalue weighted by Crippen LogP contribution is 2.25. The van der Waals surface area contributed by atoms with E-state index in [1.54, 1.807) is 23.5 Å². The van der Waals surface area contributed by atoms with Crippen LogP contribution in [-0.4, -0.2) is 23.4 Å². The summed E-state index contributed by atoms with van der Waals surface area (Å²) in [7, 11) is 1.82. The Hall–Kier alpha value is -2.88. The van der Waals surface area contributed by atoms with Gasteiger partial charge in [0, 0.05) is 18.8 Å². The molecular weight excluding hydrogens is 262 g/mol. The molecule has 0 radical (unpaired) electrons. The summed E-state index contributed by atoms with van der Waals surface area (Å²) < 4.78 is 0. The van der Waals surface area contributed by atoms with Crippen LogP contribution in [0, 0.1) is 0 Å². The summed E-state index contributed by atoms with van der Waals surface area (Å²) in [5, 5.41) is 18.1. The Balaban J connectivity index is 1.98. The zero-order valence-electron chi connectivity index (χ0n) is 11.6. The van der Waals surface area contributed by atoms with Crippen LogP contribution >= 0.6 is 0 Å². The second kappa shape index (κ2) is 5.63. The number of pyridine rings is 1. The maximum absolute atomic E-state index is 10.1. The SMILES string of the molecule is CN(/N=C\c1c(O)ccc2ccccc12)c1ccccn1. The van der Waals surface area contributed by atoms with Crippen LogP contribution < -0.4 is 5.01 Å². The van der Waals surface area contributed by atoms with Crippen molar-refractivity contribution in [2.45, 2.75) is 0 Å². The van der Waals surface area contributed by atoms with E-state index in [9.17, 15) is 5.11 Å². The number of phenolic OH excluding ortho intramolecular Hbond substituents is 1. The van der Waals surface area contributed by atoms with Crippen molar-refractivity contribution in [1.82, 2.24) is 4.98 Å². The number of hydrazone groups is 1. The molecule has 104 valence electrons. The Morgan fingerprint density at radius 1 is 1.05 bits per heavy atom. The second-order valence-corrected chi connectivity index (χ2v) is 4.68. The predicted molar refractivity (Wildman–Crippen MR) is 85.8 cm³/mol. The molecule has 0 spiro atoms. The summed E-state index contributed by atoms with van der Waals surface area (Å²) in [6.45, 7) is 0. The van der Waals surface area contributed by atoms with Crippen LogP contribution in [0.15, 0.2) is 65.9 Å². The first-order valence-electron chi connectivity index (χ1n) is 6.65. The van der Waals surface area contributed by atoms with Crippen LogP contribution in [0.5, 0.6) is 5.75 Å². The van der Waals surface area contributed by atoms with E-state index in [0.29, 0.717) is 5.56 Å². The molecule has 1 heterocycles. The van der Waals surface area contributed by atoms with E-state index in [0.717, 1.165) is 16.6 Å². The highest BCUT2D eigenvalue weighted by Gasteiger charge is 2.05. The van der Waals surface area contributed by atoms with Gasteiger partial charge in [-0.2, -0.15) is 5.10 Å². The zero-order valence-corrected chi connectivity index (χ0v) is 11.6. The lowest BCUT2D eigenvalue weighted by Crippen LogP contribution is -2.10. The summed E-state index contributed by atoms with van der Waals surface area (Å²) in [5.74, 6) is 0.959. The number of rotatable bonds is 3. The van der Waals surface area contributed by atoms with Crippen molar-refractivity contribution in [2.75, 3.05) is 12.1 Å². The number of phenols is 1. The third-order valence-electron chi connectivity index (χ3n) is 3.29. The molecule has 3 rings (SSSR count). The molecule has 21 heavy (non-hydrogen) atoms. The van der Waals surface area contributed by atoms with Crippen molar-refractivity contribution in [2.24, 2.45) is 5.10 Å². The average Bonchev–Trinajstić information content (AvgIpc) is 2.54. The van der Waals surface area contributed by atoms with Gasteiger partial charge < -0.3 is 5.11 Å². The third kappa shape index (κ3) is 2.69. The Labute approximate surface area is 123 Å². The summed E-state index contributed by atoms with van der Waals surface area (Å²) in [6, 6.07) is 17.1. The van der Waals surface area contributed by atoms with Crippen LogP contribution in [-0.2, 0) is 0 Å². The molecule has 0 aliphatic rings. The lowest BCUT2D eigenvalue weighted by molar-refractivity contribution is 0.475. The lowest BCUT2D eigenvalue weighted by Gasteiger charge is -2.11. The first-order valence-corrected chi connectivity index (χ1v) is 6.65. The van der Waals surface area contributed by atoms with Gasteiger partial charge in [-0.1, -0.05) is 36.4 Å². The average molecular weight is 277 g/mol. The molecule has 2 aromatic carbocycles. The summed E-state index contributed by atoms with van der Waals surface area (Å²) in [5.41, 5.74) is 0.705. The van der Waals surface area contributed by atoms with Gasteiger partial charge in [-0.05, 0) is 29.0 Å². The second-order valence-electron chi connectivity index (χ2n) is 4.68. The van der Waals surface area contributed by atoms with E-state index in [1.807, 2.05) is 55.6 Å². The molecule has 0 aliphatic carbocycles. The van der Waals surface area contributed by atoms with Gasteiger partial charge in [-0.25, -0.2) is 4.98 Å². The molecular formula is C17H15N3O. The van der Waals surface area contributed by atoms with Gasteiger partial charge in [0.05, 0.1) is 6.21 Å². The van der Waals surface area contributed by atoms with E-state index in [4.69, 9.17) is 0 Å². The molecule has 0 fully saturated rings. The molecule has 1 N–H and O–H groups in total. The molecule has 0 saturated heterocycles. The fourth-order valence-electron chi connectivity index (χ4n) is 2.17. The summed E-state index contributed by atoms with van der Waals surface area (Å²) in [4.78, 5) is 4.23. The van der Waals surface area contributed by atoms with E-state index in [2.05, 4.69) is 10.1 Å². The normalized spacial score (nSPS) is 11.1. The van der Waals surface area contributed by atoms with Gasteiger partial charge in [-0.3, -0.25) is 5.01 Å². The minimum absolute atomic E-state index is 0.215. The van der Waals surface area contributed by atoms with Crippen molar-refractivity contribution < 1.29 is 5.11 Å². The predicted octanol–water partition coefficient (Wildman–Crippen LogP) is 3.41. The fourth-order valence-corrected chi connectivity index (χ4v) is 2.17. The Bertz CT molecular complexity index is 784. The van der Waals surface area contributed by atoms with Crippen LogP contribution in [0.2, 0.25) is 0 Å². The smallest absolute Gasteiger partial charge is 0.148 e. The zero-order chi connectivity index (χ0) is 14.7. The Morgan fingerprint density at radius 3 is 2.67 bits per heavy atom. The minimum Gasteiger partial charge on any atom is -0.507 e. The van der Waals surface area contributed by atoms with Crippen molar-refractivity contribution >= 4 is 22.8 Å². The number of hydrogen-bond acceptors (Lipinski definition) is 4. The number of aromatic nitrogens is 1. The molecule has 0 bridgehead atoms. The summed E-state index contributed by atoms with van der Waals surface area (Å²) >= 11 is 0. The first-order chi connectivity index (χ1) is 10.3. The quantitative estimate of drug-likeness (QED) is 0.589. The van der Waals surface area contributed by atoms with Crippen LogP contribution in [0.3, 0.4) is 0 Å². The van der Waals surface area contributed by atoms with E-state index in [-0.39, 0.29) is 5.75 Å². The first kappa shape index (κ1) is 13.1. The van der Waals surface area contributed by atoms with Gasteiger partial charge in [0.25, 0.3) is 0 Å². The largest absolute Gasteiger partial charge is 0.507 e. The van der Waals surface area contributed by atoms with E-state index in [1.165, 1.54) is 0 Å². The molecule has 0 unspecified atom stereocenters. The van der Waals surface area contributed by atoms with E-state index < -0.39 is 0 Å². The summed E-state index contributed by atoms with van der Waals surface area (Å²) in [6.07, 6.45) is 3.38. The Kier molecular flexibility index (Phi) is 3.51. The molecule has 3 aromatic rings. The van der Waals surface area contributed by atoms with Crippen LogP contribution in [0.25, 0.3) is 10.8 Å². The van der Waals surface area contributed by atoms with Crippen LogP contribution in [0.4, 0.5) is 5.82 Å². The van der Waals surface area contributed by atoms with Gasteiger partial charge >= 0.3 is 0 Å². The number of benzene rings is 2. The maximum atomic E-state index is 10.1. The van der Waals surface area contributed by atoms with Gasteiger partial charge in [-0.15, -0.1) is 0 Å². The standard InChI is InChI=1S/C17H15N3O/c1-20(17-8-4-5-11-18-17)19-12-15-14-7-3-2-6-13(14)9-10-16(15)21/h2-12,21H,1H3/b19-12-. The van der Waals surface area contributed by atoms with Crippen molar-refractivity contribution in [1.29, 1.82) is 0 Å². The molecule has 1 aromatic heterocycles. The minimum atomic E-state index is 0.215. The molecule has 0 atom stereocenters. The lowest BCUT2D eigenvalue weighted by atomic mass is 10.0. The molecule has 0 aliphatic heterocycles. The highest BCUT2D eigenvalue weighted by atomic mass is 16.3. The molecule has 0 saturated carbocycles. The van der Waals surface area contributed by atoms with Gasteiger partial charge in [0.2, 0.25) is 0 Å². The monoisotopic (exact) mass is 277 g/mol. The molecule has 4 heteroatoms. The Morgan fingerprint density at radius 2 is 1.86 bits per heavy atom. The maximum Gasteiger partial charge on any atom is 0.148 e. The van der Waals surface area contributed by atoms with Crippen molar-refractivity contribution in [3.8, 4) is 5.75 Å². The fraction of sp³-hybridized carbons (Fsp3) is 0.0588. The molecule has 0 amide bonds. The number of aromatic hydroxyl groups is 1. The number of nitrogens with zero attached hydrogens (tertiary/aromatic N) is 3. The van der Waals surface area contributed by atoms with Crippen LogP contribution in [0.1, 0.15) is 5.56 Å². The third-order valence-corrected chi connectivity index (χ3v) is 3.29.